The molecule has 2 aromatic carbocycles. The molecule has 0 saturated carbocycles. The summed E-state index contributed by atoms with van der Waals surface area (Å²) in [7, 11) is 0. The molecular weight excluding hydrogens is 430 g/mol. The van der Waals surface area contributed by atoms with Crippen LogP contribution in [-0.4, -0.2) is 22.2 Å². The summed E-state index contributed by atoms with van der Waals surface area (Å²) in [6.45, 7) is 0. The summed E-state index contributed by atoms with van der Waals surface area (Å²) < 4.78 is 80.0. The van der Waals surface area contributed by atoms with E-state index in [-0.39, 0.29) is 16.7 Å². The molecule has 31 heavy (non-hydrogen) atoms. The zero-order valence-corrected chi connectivity index (χ0v) is 15.7. The molecule has 0 heterocycles. The lowest BCUT2D eigenvalue weighted by Gasteiger charge is -2.18. The predicted molar refractivity (Wildman–Crippen MR) is 97.2 cm³/mol. The standard InChI is InChI=1S/C21H16F6O4/c22-20(23,24)16-7-3-1-5-12(16)9-14(15(19(30)31)11-18(28)29)10-13-6-2-4-8-17(13)21(25,26)27/h1-8H,9-11H2,(H,28,29)(H,30,31). The number of hydrogen-bond donors (Lipinski definition) is 2. The quantitative estimate of drug-likeness (QED) is 0.443. The van der Waals surface area contributed by atoms with Crippen molar-refractivity contribution in [1.82, 2.24) is 0 Å². The summed E-state index contributed by atoms with van der Waals surface area (Å²) in [5.74, 6) is -3.31. The number of alkyl halides is 6. The van der Waals surface area contributed by atoms with E-state index >= 15 is 0 Å². The smallest absolute Gasteiger partial charge is 0.416 e. The van der Waals surface area contributed by atoms with E-state index < -0.39 is 60.3 Å². The molecule has 0 unspecified atom stereocenters. The lowest BCUT2D eigenvalue weighted by Crippen LogP contribution is -2.16. The molecule has 0 amide bonds. The fourth-order valence-electron chi connectivity index (χ4n) is 3.14. The van der Waals surface area contributed by atoms with Gasteiger partial charge in [0.05, 0.1) is 17.5 Å². The molecule has 0 aliphatic rings. The first kappa shape index (κ1) is 24.0. The van der Waals surface area contributed by atoms with E-state index in [1.165, 1.54) is 12.1 Å². The maximum Gasteiger partial charge on any atom is 0.416 e. The van der Waals surface area contributed by atoms with Gasteiger partial charge in [-0.15, -0.1) is 0 Å². The van der Waals surface area contributed by atoms with Gasteiger partial charge in [0.1, 0.15) is 0 Å². The molecule has 0 radical (unpaired) electrons. The van der Waals surface area contributed by atoms with Gasteiger partial charge in [-0.2, -0.15) is 26.3 Å². The molecule has 166 valence electrons. The number of benzene rings is 2. The maximum atomic E-state index is 13.3. The second-order valence-corrected chi connectivity index (χ2v) is 6.62. The summed E-state index contributed by atoms with van der Waals surface area (Å²) >= 11 is 0. The molecule has 2 N–H and O–H groups in total. The molecule has 4 nitrogen and oxygen atoms in total. The van der Waals surface area contributed by atoms with E-state index in [0.717, 1.165) is 36.4 Å². The number of rotatable bonds is 7. The average molecular weight is 446 g/mol. The summed E-state index contributed by atoms with van der Waals surface area (Å²) in [6, 6.07) is 8.42. The number of halogens is 6. The number of aliphatic carboxylic acids is 2. The minimum Gasteiger partial charge on any atom is -0.481 e. The zero-order chi connectivity index (χ0) is 23.4. The van der Waals surface area contributed by atoms with Crippen LogP contribution in [0.15, 0.2) is 59.7 Å². The first-order valence-electron chi connectivity index (χ1n) is 8.77. The van der Waals surface area contributed by atoms with Crippen molar-refractivity contribution >= 4 is 11.9 Å². The highest BCUT2D eigenvalue weighted by Crippen LogP contribution is 2.36. The SMILES string of the molecule is O=C(O)CC(C(=O)O)=C(Cc1ccccc1C(F)(F)F)Cc1ccccc1C(F)(F)F. The Balaban J connectivity index is 2.65. The Morgan fingerprint density at radius 3 is 1.42 bits per heavy atom. The van der Waals surface area contributed by atoms with Gasteiger partial charge in [-0.05, 0) is 36.1 Å². The topological polar surface area (TPSA) is 74.6 Å². The molecule has 0 aromatic heterocycles. The van der Waals surface area contributed by atoms with E-state index in [4.69, 9.17) is 5.11 Å². The van der Waals surface area contributed by atoms with Crippen molar-refractivity contribution in [1.29, 1.82) is 0 Å². The highest BCUT2D eigenvalue weighted by molar-refractivity contribution is 5.93. The molecule has 0 aliphatic carbocycles. The van der Waals surface area contributed by atoms with E-state index in [9.17, 15) is 41.0 Å². The van der Waals surface area contributed by atoms with Crippen LogP contribution in [0.4, 0.5) is 26.3 Å². The molecule has 0 fully saturated rings. The van der Waals surface area contributed by atoms with Gasteiger partial charge in [0, 0.05) is 5.57 Å². The van der Waals surface area contributed by atoms with Crippen molar-refractivity contribution in [3.63, 3.8) is 0 Å². The maximum absolute atomic E-state index is 13.3. The van der Waals surface area contributed by atoms with Crippen LogP contribution in [0.25, 0.3) is 0 Å². The van der Waals surface area contributed by atoms with Crippen LogP contribution >= 0.6 is 0 Å². The van der Waals surface area contributed by atoms with Crippen molar-refractivity contribution in [2.24, 2.45) is 0 Å². The summed E-state index contributed by atoms with van der Waals surface area (Å²) in [4.78, 5) is 22.8. The van der Waals surface area contributed by atoms with Gasteiger partial charge < -0.3 is 10.2 Å². The van der Waals surface area contributed by atoms with Crippen LogP contribution in [0.3, 0.4) is 0 Å². The number of carboxylic acids is 2. The second-order valence-electron chi connectivity index (χ2n) is 6.62. The van der Waals surface area contributed by atoms with E-state index in [1.807, 2.05) is 0 Å². The first-order valence-corrected chi connectivity index (χ1v) is 8.77. The van der Waals surface area contributed by atoms with Crippen LogP contribution in [-0.2, 0) is 34.8 Å². The summed E-state index contributed by atoms with van der Waals surface area (Å²) in [5.41, 5.74) is -4.05. The Labute approximate surface area is 172 Å². The Morgan fingerprint density at radius 2 is 1.10 bits per heavy atom. The lowest BCUT2D eigenvalue weighted by atomic mass is 9.89. The molecule has 10 heteroatoms. The third-order valence-electron chi connectivity index (χ3n) is 4.47. The zero-order valence-electron chi connectivity index (χ0n) is 15.7. The molecular formula is C21H16F6O4. The number of carboxylic acid groups (broad SMARTS) is 2. The first-order chi connectivity index (χ1) is 14.3. The van der Waals surface area contributed by atoms with Crippen LogP contribution < -0.4 is 0 Å². The second kappa shape index (κ2) is 9.23. The highest BCUT2D eigenvalue weighted by atomic mass is 19.4. The van der Waals surface area contributed by atoms with Gasteiger partial charge >= 0.3 is 24.3 Å². The van der Waals surface area contributed by atoms with Gasteiger partial charge in [0.2, 0.25) is 0 Å². The highest BCUT2D eigenvalue weighted by Gasteiger charge is 2.35. The fraction of sp³-hybridized carbons (Fsp3) is 0.238. The predicted octanol–water partition coefficient (Wildman–Crippen LogP) is 5.37. The largest absolute Gasteiger partial charge is 0.481 e. The third kappa shape index (κ3) is 6.34. The Morgan fingerprint density at radius 1 is 0.710 bits per heavy atom. The van der Waals surface area contributed by atoms with Crippen LogP contribution in [0.5, 0.6) is 0 Å². The Bertz CT molecular complexity index is 944. The van der Waals surface area contributed by atoms with Crippen molar-refractivity contribution in [3.8, 4) is 0 Å². The summed E-state index contributed by atoms with van der Waals surface area (Å²) in [5, 5.41) is 18.5. The van der Waals surface area contributed by atoms with Crippen LogP contribution in [0, 0.1) is 0 Å². The minimum atomic E-state index is -4.79. The minimum absolute atomic E-state index is 0.358. The van der Waals surface area contributed by atoms with Crippen molar-refractivity contribution in [2.45, 2.75) is 31.6 Å². The monoisotopic (exact) mass is 446 g/mol. The van der Waals surface area contributed by atoms with Gasteiger partial charge in [0.25, 0.3) is 0 Å². The molecule has 2 rings (SSSR count). The van der Waals surface area contributed by atoms with Crippen LogP contribution in [0.1, 0.15) is 28.7 Å². The van der Waals surface area contributed by atoms with Gasteiger partial charge in [0.15, 0.2) is 0 Å². The number of carbonyl (C=O) groups is 2. The number of hydrogen-bond acceptors (Lipinski definition) is 2. The summed E-state index contributed by atoms with van der Waals surface area (Å²) in [6.07, 6.45) is -12.0. The molecule has 0 aliphatic heterocycles. The average Bonchev–Trinajstić information content (AvgIpc) is 2.64. The van der Waals surface area contributed by atoms with Gasteiger partial charge in [-0.1, -0.05) is 42.0 Å². The molecule has 2 aromatic rings. The molecule has 0 atom stereocenters. The van der Waals surface area contributed by atoms with E-state index in [0.29, 0.717) is 0 Å². The van der Waals surface area contributed by atoms with E-state index in [1.54, 1.807) is 0 Å². The van der Waals surface area contributed by atoms with Gasteiger partial charge in [-0.25, -0.2) is 4.79 Å². The van der Waals surface area contributed by atoms with Crippen LogP contribution in [0.2, 0.25) is 0 Å². The van der Waals surface area contributed by atoms with Crippen molar-refractivity contribution in [3.05, 3.63) is 81.9 Å². The lowest BCUT2D eigenvalue weighted by molar-refractivity contribution is -0.140. The van der Waals surface area contributed by atoms with E-state index in [2.05, 4.69) is 0 Å². The number of allylic oxidation sites excluding steroid dienone is 1. The van der Waals surface area contributed by atoms with Gasteiger partial charge in [-0.3, -0.25) is 4.79 Å². The third-order valence-corrected chi connectivity index (χ3v) is 4.47. The Kier molecular flexibility index (Phi) is 7.14. The molecule has 0 saturated heterocycles. The van der Waals surface area contributed by atoms with Crippen molar-refractivity contribution < 1.29 is 46.1 Å². The Hall–Kier alpha value is -3.30. The normalized spacial score (nSPS) is 11.8. The fourth-order valence-corrected chi connectivity index (χ4v) is 3.14. The molecule has 0 bridgehead atoms. The van der Waals surface area contributed by atoms with Crippen molar-refractivity contribution in [2.75, 3.05) is 0 Å². The molecule has 0 spiro atoms.